The molecule has 4 rings (SSSR count). The third-order valence-corrected chi connectivity index (χ3v) is 6.96. The van der Waals surface area contributed by atoms with Crippen molar-refractivity contribution in [3.8, 4) is 0 Å². The van der Waals surface area contributed by atoms with Gasteiger partial charge in [0, 0.05) is 37.8 Å². The molecule has 0 aliphatic rings. The van der Waals surface area contributed by atoms with Gasteiger partial charge in [-0.05, 0) is 55.9 Å². The van der Waals surface area contributed by atoms with Crippen molar-refractivity contribution in [3.05, 3.63) is 90.0 Å². The monoisotopic (exact) mass is 448 g/mol. The molecule has 2 aromatic carbocycles. The van der Waals surface area contributed by atoms with Crippen molar-refractivity contribution in [1.29, 1.82) is 0 Å². The molecule has 2 heterocycles. The maximum atomic E-state index is 12.9. The molecule has 0 saturated heterocycles. The summed E-state index contributed by atoms with van der Waals surface area (Å²) in [5.74, 6) is 0.522. The van der Waals surface area contributed by atoms with Crippen LogP contribution in [0.25, 0.3) is 5.78 Å². The number of fused-ring (bicyclic) bond motifs is 1. The molecule has 0 spiro atoms. The largest absolute Gasteiger partial charge is 0.305 e. The first kappa shape index (κ1) is 21.9. The number of hydrogen-bond donors (Lipinski definition) is 0. The number of aryl methyl sites for hydroxylation is 1. The van der Waals surface area contributed by atoms with Crippen LogP contribution in [0.15, 0.2) is 83.1 Å². The van der Waals surface area contributed by atoms with Crippen molar-refractivity contribution in [2.45, 2.75) is 29.2 Å². The normalized spacial score (nSPS) is 11.8. The lowest BCUT2D eigenvalue weighted by Gasteiger charge is -2.11. The molecule has 0 N–H and O–H groups in total. The fourth-order valence-corrected chi connectivity index (χ4v) is 4.73. The SMILES string of the molecule is CN(C)Cc1ccc(S(=O)(=O)c2ccc(CCC(=O)c3cnc4nccn4c3)cc2)cc1. The van der Waals surface area contributed by atoms with E-state index in [1.165, 1.54) is 6.20 Å². The highest BCUT2D eigenvalue weighted by Crippen LogP contribution is 2.22. The molecule has 0 atom stereocenters. The zero-order valence-corrected chi connectivity index (χ0v) is 18.8. The van der Waals surface area contributed by atoms with Gasteiger partial charge in [-0.3, -0.25) is 9.20 Å². The van der Waals surface area contributed by atoms with Gasteiger partial charge in [0.15, 0.2) is 5.78 Å². The molecule has 2 aromatic heterocycles. The van der Waals surface area contributed by atoms with Crippen LogP contribution in [0.2, 0.25) is 0 Å². The van der Waals surface area contributed by atoms with Gasteiger partial charge in [-0.1, -0.05) is 24.3 Å². The molecule has 0 aliphatic carbocycles. The first-order chi connectivity index (χ1) is 15.3. The quantitative estimate of drug-likeness (QED) is 0.384. The van der Waals surface area contributed by atoms with Crippen LogP contribution in [0.1, 0.15) is 27.9 Å². The van der Waals surface area contributed by atoms with E-state index in [0.717, 1.165) is 17.7 Å². The van der Waals surface area contributed by atoms with E-state index in [9.17, 15) is 13.2 Å². The van der Waals surface area contributed by atoms with Crippen molar-refractivity contribution >= 4 is 21.4 Å². The number of Topliss-reactive ketones (excluding diaryl/α,β-unsaturated/α-hetero) is 1. The molecule has 0 bridgehead atoms. The Hall–Kier alpha value is -3.36. The first-order valence-corrected chi connectivity index (χ1v) is 11.7. The molecule has 164 valence electrons. The summed E-state index contributed by atoms with van der Waals surface area (Å²) in [6.45, 7) is 0.750. The van der Waals surface area contributed by atoms with Crippen molar-refractivity contribution in [3.63, 3.8) is 0 Å². The third-order valence-electron chi connectivity index (χ3n) is 5.17. The Labute approximate surface area is 187 Å². The predicted octanol–water partition coefficient (Wildman–Crippen LogP) is 3.44. The van der Waals surface area contributed by atoms with Crippen molar-refractivity contribution in [2.24, 2.45) is 0 Å². The summed E-state index contributed by atoms with van der Waals surface area (Å²) < 4.78 is 27.6. The Kier molecular flexibility index (Phi) is 6.16. The Morgan fingerprint density at radius 2 is 1.56 bits per heavy atom. The van der Waals surface area contributed by atoms with Crippen LogP contribution in [-0.2, 0) is 22.8 Å². The second-order valence-corrected chi connectivity index (χ2v) is 9.88. The minimum Gasteiger partial charge on any atom is -0.305 e. The highest BCUT2D eigenvalue weighted by molar-refractivity contribution is 7.91. The summed E-state index contributed by atoms with van der Waals surface area (Å²) in [5.41, 5.74) is 2.47. The highest BCUT2D eigenvalue weighted by atomic mass is 32.2. The molecule has 8 heteroatoms. The number of rotatable bonds is 8. The molecule has 4 aromatic rings. The Morgan fingerprint density at radius 1 is 0.938 bits per heavy atom. The summed E-state index contributed by atoms with van der Waals surface area (Å²) in [6.07, 6.45) is 7.45. The van der Waals surface area contributed by atoms with Gasteiger partial charge in [-0.25, -0.2) is 18.4 Å². The van der Waals surface area contributed by atoms with Crippen LogP contribution < -0.4 is 0 Å². The number of benzene rings is 2. The van der Waals surface area contributed by atoms with E-state index < -0.39 is 9.84 Å². The van der Waals surface area contributed by atoms with Crippen LogP contribution in [-0.4, -0.2) is 47.6 Å². The van der Waals surface area contributed by atoms with E-state index in [1.54, 1.807) is 59.4 Å². The number of carbonyl (C=O) groups is 1. The number of nitrogens with zero attached hydrogens (tertiary/aromatic N) is 4. The number of sulfone groups is 1. The fourth-order valence-electron chi connectivity index (χ4n) is 3.47. The standard InChI is InChI=1S/C24H24N4O3S/c1-27(2)16-19-5-10-22(11-6-19)32(30,31)21-8-3-18(4-9-21)7-12-23(29)20-15-26-24-25-13-14-28(24)17-20/h3-6,8-11,13-15,17H,7,12,16H2,1-2H3. The number of aromatic nitrogens is 3. The number of hydrogen-bond acceptors (Lipinski definition) is 6. The lowest BCUT2D eigenvalue weighted by molar-refractivity contribution is 0.0982. The van der Waals surface area contributed by atoms with Crippen LogP contribution in [0.5, 0.6) is 0 Å². The molecule has 7 nitrogen and oxygen atoms in total. The Balaban J connectivity index is 1.42. The molecular weight excluding hydrogens is 424 g/mol. The molecule has 0 aliphatic heterocycles. The second kappa shape index (κ2) is 9.02. The molecule has 0 saturated carbocycles. The maximum absolute atomic E-state index is 12.9. The summed E-state index contributed by atoms with van der Waals surface area (Å²) in [6, 6.07) is 13.7. The van der Waals surface area contributed by atoms with Crippen LogP contribution in [0, 0.1) is 0 Å². The molecule has 32 heavy (non-hydrogen) atoms. The second-order valence-electron chi connectivity index (χ2n) is 7.93. The average Bonchev–Trinajstić information content (AvgIpc) is 3.25. The zero-order valence-electron chi connectivity index (χ0n) is 18.0. The Bertz CT molecular complexity index is 1340. The maximum Gasteiger partial charge on any atom is 0.233 e. The first-order valence-electron chi connectivity index (χ1n) is 10.2. The van der Waals surface area contributed by atoms with E-state index in [2.05, 4.69) is 9.97 Å². The van der Waals surface area contributed by atoms with E-state index in [4.69, 9.17) is 0 Å². The van der Waals surface area contributed by atoms with Crippen molar-refractivity contribution in [1.82, 2.24) is 19.3 Å². The van der Waals surface area contributed by atoms with Crippen LogP contribution in [0.3, 0.4) is 0 Å². The zero-order chi connectivity index (χ0) is 22.7. The molecule has 0 radical (unpaired) electrons. The molecule has 0 amide bonds. The molecule has 0 fully saturated rings. The summed E-state index contributed by atoms with van der Waals surface area (Å²) in [7, 11) is 0.346. The van der Waals surface area contributed by atoms with Gasteiger partial charge in [-0.15, -0.1) is 0 Å². The van der Waals surface area contributed by atoms with Gasteiger partial charge >= 0.3 is 0 Å². The minimum absolute atomic E-state index is 0.0254. The number of carbonyl (C=O) groups excluding carboxylic acids is 1. The minimum atomic E-state index is -3.59. The smallest absolute Gasteiger partial charge is 0.233 e. The lowest BCUT2D eigenvalue weighted by Crippen LogP contribution is -2.10. The van der Waals surface area contributed by atoms with Gasteiger partial charge in [0.2, 0.25) is 15.6 Å². The van der Waals surface area contributed by atoms with Crippen LogP contribution in [0.4, 0.5) is 0 Å². The van der Waals surface area contributed by atoms with Crippen LogP contribution >= 0.6 is 0 Å². The van der Waals surface area contributed by atoms with E-state index in [1.807, 2.05) is 31.1 Å². The van der Waals surface area contributed by atoms with E-state index >= 15 is 0 Å². The van der Waals surface area contributed by atoms with E-state index in [-0.39, 0.29) is 15.6 Å². The van der Waals surface area contributed by atoms with Crippen molar-refractivity contribution < 1.29 is 13.2 Å². The van der Waals surface area contributed by atoms with Gasteiger partial charge in [0.05, 0.1) is 15.4 Å². The molecular formula is C24H24N4O3S. The van der Waals surface area contributed by atoms with Gasteiger partial charge in [-0.2, -0.15) is 0 Å². The van der Waals surface area contributed by atoms with Gasteiger partial charge < -0.3 is 4.90 Å². The number of ketones is 1. The number of imidazole rings is 1. The van der Waals surface area contributed by atoms with Gasteiger partial charge in [0.1, 0.15) is 0 Å². The summed E-state index contributed by atoms with van der Waals surface area (Å²) in [4.78, 5) is 23.3. The van der Waals surface area contributed by atoms with Crippen molar-refractivity contribution in [2.75, 3.05) is 14.1 Å². The topological polar surface area (TPSA) is 84.6 Å². The Morgan fingerprint density at radius 3 is 2.19 bits per heavy atom. The predicted molar refractivity (Wildman–Crippen MR) is 121 cm³/mol. The molecule has 0 unspecified atom stereocenters. The van der Waals surface area contributed by atoms with Gasteiger partial charge in [0.25, 0.3) is 0 Å². The van der Waals surface area contributed by atoms with E-state index in [0.29, 0.717) is 24.2 Å². The summed E-state index contributed by atoms with van der Waals surface area (Å²) in [5, 5.41) is 0. The summed E-state index contributed by atoms with van der Waals surface area (Å²) >= 11 is 0. The average molecular weight is 449 g/mol. The highest BCUT2D eigenvalue weighted by Gasteiger charge is 2.17. The lowest BCUT2D eigenvalue weighted by atomic mass is 10.0. The third kappa shape index (κ3) is 4.76. The fraction of sp³-hybridized carbons (Fsp3) is 0.208.